The van der Waals surface area contributed by atoms with Gasteiger partial charge in [0, 0.05) is 31.5 Å². The summed E-state index contributed by atoms with van der Waals surface area (Å²) in [6.45, 7) is 1.10. The number of aromatic nitrogens is 1. The molecule has 1 aliphatic carbocycles. The van der Waals surface area contributed by atoms with Crippen molar-refractivity contribution in [3.05, 3.63) is 30.1 Å². The van der Waals surface area contributed by atoms with Gasteiger partial charge in [-0.2, -0.15) is 0 Å². The van der Waals surface area contributed by atoms with E-state index >= 15 is 0 Å². The molecule has 2 aliphatic rings. The lowest BCUT2D eigenvalue weighted by Crippen LogP contribution is -2.52. The first-order chi connectivity index (χ1) is 10.1. The Labute approximate surface area is 123 Å². The third-order valence-corrected chi connectivity index (χ3v) is 4.45. The number of carbonyl (C=O) groups excluding carboxylic acids is 1. The maximum absolute atomic E-state index is 12.6. The van der Waals surface area contributed by atoms with Crippen molar-refractivity contribution in [2.75, 3.05) is 13.1 Å². The number of aliphatic carboxylic acids is 1. The number of pyridine rings is 1. The molecule has 1 aromatic heterocycles. The quantitative estimate of drug-likeness (QED) is 0.741. The number of rotatable bonds is 4. The van der Waals surface area contributed by atoms with Crippen LogP contribution in [0.5, 0.6) is 0 Å². The molecule has 6 heteroatoms. The fourth-order valence-electron chi connectivity index (χ4n) is 3.01. The predicted molar refractivity (Wildman–Crippen MR) is 75.7 cm³/mol. The second-order valence-corrected chi connectivity index (χ2v) is 5.92. The van der Waals surface area contributed by atoms with Crippen molar-refractivity contribution in [1.29, 1.82) is 0 Å². The van der Waals surface area contributed by atoms with Gasteiger partial charge in [0.2, 0.25) is 5.91 Å². The molecule has 3 rings (SSSR count). The van der Waals surface area contributed by atoms with Gasteiger partial charge in [0.15, 0.2) is 0 Å². The van der Waals surface area contributed by atoms with Gasteiger partial charge in [-0.25, -0.2) is 0 Å². The minimum atomic E-state index is -0.809. The molecule has 112 valence electrons. The maximum atomic E-state index is 12.6. The summed E-state index contributed by atoms with van der Waals surface area (Å²) in [5.74, 6) is -1.23. The van der Waals surface area contributed by atoms with Crippen molar-refractivity contribution in [3.8, 4) is 0 Å². The van der Waals surface area contributed by atoms with Crippen molar-refractivity contribution < 1.29 is 14.7 Å². The van der Waals surface area contributed by atoms with Crippen molar-refractivity contribution in [2.24, 2.45) is 5.92 Å². The van der Waals surface area contributed by atoms with E-state index in [1.807, 2.05) is 12.1 Å². The first kappa shape index (κ1) is 14.0. The van der Waals surface area contributed by atoms with E-state index in [9.17, 15) is 9.59 Å². The zero-order valence-corrected chi connectivity index (χ0v) is 11.7. The summed E-state index contributed by atoms with van der Waals surface area (Å²) in [7, 11) is 0. The number of hydrogen-bond acceptors (Lipinski definition) is 4. The summed E-state index contributed by atoms with van der Waals surface area (Å²) in [5, 5.41) is 15.2. The Kier molecular flexibility index (Phi) is 3.63. The number of carboxylic acid groups (broad SMARTS) is 1. The lowest BCUT2D eigenvalue weighted by Gasteiger charge is -2.29. The van der Waals surface area contributed by atoms with Crippen LogP contribution in [0.25, 0.3) is 0 Å². The Morgan fingerprint density at radius 1 is 1.29 bits per heavy atom. The van der Waals surface area contributed by atoms with Crippen LogP contribution in [-0.2, 0) is 15.0 Å². The van der Waals surface area contributed by atoms with E-state index in [4.69, 9.17) is 5.11 Å². The number of carbonyl (C=O) groups is 2. The molecule has 1 aromatic rings. The largest absolute Gasteiger partial charge is 0.481 e. The minimum absolute atomic E-state index is 0.00605. The molecule has 0 bridgehead atoms. The first-order valence-corrected chi connectivity index (χ1v) is 7.27. The summed E-state index contributed by atoms with van der Waals surface area (Å²) in [6, 6.07) is 3.64. The summed E-state index contributed by atoms with van der Waals surface area (Å²) < 4.78 is 0. The molecule has 0 radical (unpaired) electrons. The van der Waals surface area contributed by atoms with Crippen molar-refractivity contribution in [2.45, 2.75) is 30.7 Å². The highest BCUT2D eigenvalue weighted by molar-refractivity contribution is 5.91. The van der Waals surface area contributed by atoms with Crippen molar-refractivity contribution >= 4 is 11.9 Å². The van der Waals surface area contributed by atoms with Crippen LogP contribution in [0.3, 0.4) is 0 Å². The second kappa shape index (κ2) is 5.44. The van der Waals surface area contributed by atoms with Gasteiger partial charge in [-0.05, 0) is 37.0 Å². The highest BCUT2D eigenvalue weighted by atomic mass is 16.4. The third kappa shape index (κ3) is 2.76. The smallest absolute Gasteiger partial charge is 0.307 e. The molecule has 2 atom stereocenters. The number of amides is 1. The molecule has 0 unspecified atom stereocenters. The molecule has 1 saturated carbocycles. The predicted octanol–water partition coefficient (Wildman–Crippen LogP) is 0.292. The van der Waals surface area contributed by atoms with Gasteiger partial charge in [-0.15, -0.1) is 0 Å². The molecule has 1 amide bonds. The van der Waals surface area contributed by atoms with Crippen LogP contribution in [0, 0.1) is 5.92 Å². The van der Waals surface area contributed by atoms with E-state index in [2.05, 4.69) is 15.6 Å². The van der Waals surface area contributed by atoms with Gasteiger partial charge in [0.1, 0.15) is 0 Å². The number of carboxylic acids is 1. The topological polar surface area (TPSA) is 91.3 Å². The Morgan fingerprint density at radius 3 is 2.62 bits per heavy atom. The van der Waals surface area contributed by atoms with Gasteiger partial charge >= 0.3 is 5.97 Å². The van der Waals surface area contributed by atoms with Crippen LogP contribution in [0.2, 0.25) is 0 Å². The lowest BCUT2D eigenvalue weighted by atomic mass is 9.92. The lowest BCUT2D eigenvalue weighted by molar-refractivity contribution is -0.143. The number of nitrogens with one attached hydrogen (secondary N) is 2. The van der Waals surface area contributed by atoms with Crippen LogP contribution in [0.1, 0.15) is 24.8 Å². The Balaban J connectivity index is 1.65. The van der Waals surface area contributed by atoms with Crippen molar-refractivity contribution in [3.63, 3.8) is 0 Å². The van der Waals surface area contributed by atoms with Crippen LogP contribution >= 0.6 is 0 Å². The highest BCUT2D eigenvalue weighted by Crippen LogP contribution is 2.48. The number of hydrogen-bond donors (Lipinski definition) is 3. The Hall–Kier alpha value is -1.95. The minimum Gasteiger partial charge on any atom is -0.481 e. The molecular weight excluding hydrogens is 270 g/mol. The zero-order valence-electron chi connectivity index (χ0n) is 11.7. The van der Waals surface area contributed by atoms with Gasteiger partial charge < -0.3 is 15.7 Å². The fraction of sp³-hybridized carbons (Fsp3) is 0.533. The van der Waals surface area contributed by atoms with E-state index in [0.29, 0.717) is 19.5 Å². The molecule has 2 heterocycles. The third-order valence-electron chi connectivity index (χ3n) is 4.45. The average molecular weight is 289 g/mol. The zero-order chi connectivity index (χ0) is 14.9. The molecule has 6 nitrogen and oxygen atoms in total. The summed E-state index contributed by atoms with van der Waals surface area (Å²) in [5.41, 5.74) is 0.563. The SMILES string of the molecule is O=C(O)[C@H]1CNC[C@@H](NC(=O)C2(c3ccncc3)CC2)C1. The Morgan fingerprint density at radius 2 is 2.00 bits per heavy atom. The summed E-state index contributed by atoms with van der Waals surface area (Å²) >= 11 is 0. The van der Waals surface area contributed by atoms with Gasteiger partial charge in [0.05, 0.1) is 11.3 Å². The van der Waals surface area contributed by atoms with E-state index in [0.717, 1.165) is 18.4 Å². The second-order valence-electron chi connectivity index (χ2n) is 5.92. The van der Waals surface area contributed by atoms with Crippen LogP contribution in [0.15, 0.2) is 24.5 Å². The molecule has 0 aromatic carbocycles. The standard InChI is InChI=1S/C15H19N3O3/c19-13(20)10-7-12(9-17-8-10)18-14(21)15(3-4-15)11-1-5-16-6-2-11/h1-2,5-6,10,12,17H,3-4,7-9H2,(H,18,21)(H,19,20)/t10-,12+/m1/s1. The normalized spacial score (nSPS) is 26.9. The Bertz CT molecular complexity index is 542. The summed E-state index contributed by atoms with van der Waals surface area (Å²) in [4.78, 5) is 27.6. The highest BCUT2D eigenvalue weighted by Gasteiger charge is 2.51. The maximum Gasteiger partial charge on any atom is 0.307 e. The molecule has 1 aliphatic heterocycles. The first-order valence-electron chi connectivity index (χ1n) is 7.27. The van der Waals surface area contributed by atoms with Crippen LogP contribution in [0.4, 0.5) is 0 Å². The summed E-state index contributed by atoms with van der Waals surface area (Å²) in [6.07, 6.45) is 5.56. The molecule has 0 spiro atoms. The van der Waals surface area contributed by atoms with Gasteiger partial charge in [-0.3, -0.25) is 14.6 Å². The van der Waals surface area contributed by atoms with Gasteiger partial charge in [-0.1, -0.05) is 0 Å². The van der Waals surface area contributed by atoms with E-state index in [-0.39, 0.29) is 11.9 Å². The fourth-order valence-corrected chi connectivity index (χ4v) is 3.01. The van der Waals surface area contributed by atoms with E-state index in [1.54, 1.807) is 12.4 Å². The van der Waals surface area contributed by atoms with E-state index < -0.39 is 17.3 Å². The molecule has 2 fully saturated rings. The molecule has 21 heavy (non-hydrogen) atoms. The van der Waals surface area contributed by atoms with Crippen LogP contribution < -0.4 is 10.6 Å². The monoisotopic (exact) mass is 289 g/mol. The number of piperidine rings is 1. The van der Waals surface area contributed by atoms with Crippen molar-refractivity contribution in [1.82, 2.24) is 15.6 Å². The van der Waals surface area contributed by atoms with E-state index in [1.165, 1.54) is 0 Å². The van der Waals surface area contributed by atoms with Gasteiger partial charge in [0.25, 0.3) is 0 Å². The number of nitrogens with zero attached hydrogens (tertiary/aromatic N) is 1. The molecule has 1 saturated heterocycles. The van der Waals surface area contributed by atoms with Crippen LogP contribution in [-0.4, -0.2) is 41.1 Å². The molecule has 3 N–H and O–H groups in total. The molecular formula is C15H19N3O3. The average Bonchev–Trinajstić information content (AvgIpc) is 3.30.